The van der Waals surface area contributed by atoms with E-state index in [0.717, 1.165) is 37.4 Å². The summed E-state index contributed by atoms with van der Waals surface area (Å²) in [5.74, 6) is -0.126. The number of pyridine rings is 1. The molecule has 9 heteroatoms. The molecule has 1 amide bonds. The molecule has 4 rings (SSSR count). The second-order valence-corrected chi connectivity index (χ2v) is 8.64. The summed E-state index contributed by atoms with van der Waals surface area (Å²) in [6.45, 7) is 0. The third kappa shape index (κ3) is 5.50. The molecule has 1 fully saturated rings. The van der Waals surface area contributed by atoms with E-state index >= 15 is 0 Å². The molecule has 2 aromatic carbocycles. The number of benzene rings is 2. The molecule has 1 aliphatic carbocycles. The second-order valence-electron chi connectivity index (χ2n) is 8.21. The molecule has 1 heterocycles. The van der Waals surface area contributed by atoms with Crippen molar-refractivity contribution in [3.63, 3.8) is 0 Å². The zero-order chi connectivity index (χ0) is 23.6. The maximum absolute atomic E-state index is 13.3. The van der Waals surface area contributed by atoms with E-state index < -0.39 is 11.9 Å². The van der Waals surface area contributed by atoms with Gasteiger partial charge in [0.1, 0.15) is 5.69 Å². The lowest BCUT2D eigenvalue weighted by Crippen LogP contribution is -2.40. The van der Waals surface area contributed by atoms with Gasteiger partial charge in [0.25, 0.3) is 5.91 Å². The Labute approximate surface area is 194 Å². The van der Waals surface area contributed by atoms with Crippen molar-refractivity contribution in [1.29, 1.82) is 0 Å². The zero-order valence-electron chi connectivity index (χ0n) is 18.0. The van der Waals surface area contributed by atoms with Crippen molar-refractivity contribution >= 4 is 39.8 Å². The molecule has 0 radical (unpaired) electrons. The van der Waals surface area contributed by atoms with Crippen LogP contribution in [0.3, 0.4) is 0 Å². The number of carbonyl (C=O) groups is 1. The van der Waals surface area contributed by atoms with E-state index in [4.69, 9.17) is 11.6 Å². The molecule has 0 atom stereocenters. The molecule has 1 aliphatic rings. The number of hydrogen-bond donors (Lipinski definition) is 3. The van der Waals surface area contributed by atoms with Gasteiger partial charge in [-0.25, -0.2) is 4.98 Å². The van der Waals surface area contributed by atoms with Crippen LogP contribution in [0, 0.1) is 0 Å². The molecular formula is C24H24ClF3N4O. The van der Waals surface area contributed by atoms with E-state index in [1.807, 2.05) is 19.2 Å². The van der Waals surface area contributed by atoms with Gasteiger partial charge in [0, 0.05) is 46.5 Å². The first-order valence-electron chi connectivity index (χ1n) is 10.8. The number of amides is 1. The predicted molar refractivity (Wildman–Crippen MR) is 125 cm³/mol. The molecule has 33 heavy (non-hydrogen) atoms. The van der Waals surface area contributed by atoms with Gasteiger partial charge in [-0.1, -0.05) is 11.6 Å². The molecule has 3 N–H and O–H groups in total. The lowest BCUT2D eigenvalue weighted by Gasteiger charge is -2.30. The Morgan fingerprint density at radius 3 is 2.30 bits per heavy atom. The van der Waals surface area contributed by atoms with Gasteiger partial charge in [-0.05, 0) is 74.2 Å². The van der Waals surface area contributed by atoms with E-state index in [0.29, 0.717) is 21.7 Å². The quantitative estimate of drug-likeness (QED) is 0.416. The summed E-state index contributed by atoms with van der Waals surface area (Å²) in [5, 5.41) is 10.3. The van der Waals surface area contributed by atoms with E-state index in [2.05, 4.69) is 20.9 Å². The van der Waals surface area contributed by atoms with Crippen LogP contribution in [0.1, 0.15) is 41.7 Å². The van der Waals surface area contributed by atoms with E-state index in [9.17, 15) is 18.0 Å². The van der Waals surface area contributed by atoms with E-state index in [-0.39, 0.29) is 23.5 Å². The highest BCUT2D eigenvalue weighted by Crippen LogP contribution is 2.35. The van der Waals surface area contributed by atoms with Crippen LogP contribution < -0.4 is 16.0 Å². The summed E-state index contributed by atoms with van der Waals surface area (Å²) in [6, 6.07) is 12.9. The molecular weight excluding hydrogens is 453 g/mol. The largest absolute Gasteiger partial charge is 0.433 e. The molecule has 1 saturated carbocycles. The van der Waals surface area contributed by atoms with Gasteiger partial charge < -0.3 is 16.0 Å². The third-order valence-electron chi connectivity index (χ3n) is 5.92. The van der Waals surface area contributed by atoms with E-state index in [1.165, 1.54) is 12.1 Å². The third-order valence-corrected chi connectivity index (χ3v) is 6.15. The average Bonchev–Trinajstić information content (AvgIpc) is 2.80. The maximum Gasteiger partial charge on any atom is 0.433 e. The molecule has 3 aromatic rings. The van der Waals surface area contributed by atoms with Crippen LogP contribution in [0.5, 0.6) is 0 Å². The lowest BCUT2D eigenvalue weighted by atomic mass is 9.90. The highest BCUT2D eigenvalue weighted by molar-refractivity contribution is 6.31. The van der Waals surface area contributed by atoms with Crippen LogP contribution in [-0.2, 0) is 6.18 Å². The molecule has 0 bridgehead atoms. The number of rotatable bonds is 5. The Morgan fingerprint density at radius 1 is 1.00 bits per heavy atom. The molecule has 0 aliphatic heterocycles. The van der Waals surface area contributed by atoms with Crippen molar-refractivity contribution in [3.8, 4) is 0 Å². The Hall–Kier alpha value is -3.00. The number of hydrogen-bond acceptors (Lipinski definition) is 4. The minimum Gasteiger partial charge on any atom is -0.388 e. The molecule has 5 nitrogen and oxygen atoms in total. The minimum absolute atomic E-state index is 0.0151. The topological polar surface area (TPSA) is 66.1 Å². The van der Waals surface area contributed by atoms with Gasteiger partial charge >= 0.3 is 6.18 Å². The first kappa shape index (κ1) is 23.2. The summed E-state index contributed by atoms with van der Waals surface area (Å²) in [6.07, 6.45) is -1.65. The van der Waals surface area contributed by atoms with Crippen LogP contribution in [0.15, 0.2) is 48.5 Å². The smallest absolute Gasteiger partial charge is 0.388 e. The predicted octanol–water partition coefficient (Wildman–Crippen LogP) is 6.10. The van der Waals surface area contributed by atoms with Crippen molar-refractivity contribution in [2.24, 2.45) is 0 Å². The number of anilines is 2. The van der Waals surface area contributed by atoms with Gasteiger partial charge in [0.15, 0.2) is 0 Å². The minimum atomic E-state index is -4.54. The monoisotopic (exact) mass is 476 g/mol. The Morgan fingerprint density at radius 2 is 1.67 bits per heavy atom. The van der Waals surface area contributed by atoms with Crippen LogP contribution in [0.25, 0.3) is 10.9 Å². The number of carbonyl (C=O) groups excluding carboxylic acids is 1. The molecule has 174 valence electrons. The first-order chi connectivity index (χ1) is 15.7. The van der Waals surface area contributed by atoms with E-state index in [1.54, 1.807) is 18.2 Å². The zero-order valence-corrected chi connectivity index (χ0v) is 18.7. The SMILES string of the molecule is CNc1ccc(C(=O)NC2CCC(Nc3cc(C(F)(F)F)nc4ccc(Cl)cc34)CC2)cc1. The van der Waals surface area contributed by atoms with Crippen LogP contribution in [0.4, 0.5) is 24.5 Å². The van der Waals surface area contributed by atoms with Crippen molar-refractivity contribution in [3.05, 3.63) is 64.8 Å². The van der Waals surface area contributed by atoms with Crippen molar-refractivity contribution < 1.29 is 18.0 Å². The molecule has 0 spiro atoms. The summed E-state index contributed by atoms with van der Waals surface area (Å²) >= 11 is 6.08. The second kappa shape index (κ2) is 9.47. The molecule has 0 saturated heterocycles. The fourth-order valence-electron chi connectivity index (χ4n) is 4.12. The Bertz CT molecular complexity index is 1140. The van der Waals surface area contributed by atoms with Gasteiger partial charge in [-0.15, -0.1) is 0 Å². The number of fused-ring (bicyclic) bond motifs is 1. The Kier molecular flexibility index (Phi) is 6.65. The van der Waals surface area contributed by atoms with Gasteiger partial charge in [-0.3, -0.25) is 4.79 Å². The number of alkyl halides is 3. The first-order valence-corrected chi connectivity index (χ1v) is 11.1. The van der Waals surface area contributed by atoms with Crippen LogP contribution in [-0.4, -0.2) is 30.0 Å². The highest BCUT2D eigenvalue weighted by atomic mass is 35.5. The molecule has 0 unspecified atom stereocenters. The number of halogens is 4. The summed E-state index contributed by atoms with van der Waals surface area (Å²) in [4.78, 5) is 16.3. The average molecular weight is 477 g/mol. The van der Waals surface area contributed by atoms with Crippen molar-refractivity contribution in [2.75, 3.05) is 17.7 Å². The van der Waals surface area contributed by atoms with Gasteiger partial charge in [0.05, 0.1) is 5.52 Å². The fraction of sp³-hybridized carbons (Fsp3) is 0.333. The van der Waals surface area contributed by atoms with Crippen molar-refractivity contribution in [2.45, 2.75) is 43.9 Å². The number of nitrogens with zero attached hydrogens (tertiary/aromatic N) is 1. The standard InChI is InChI=1S/C24H24ClF3N4O/c1-29-16-5-2-14(3-6-16)23(33)31-18-9-7-17(8-10-18)30-21-13-22(24(26,27)28)32-20-11-4-15(25)12-19(20)21/h2-6,11-13,17-18,29H,7-10H2,1H3,(H,30,32)(H,31,33). The maximum atomic E-state index is 13.3. The summed E-state index contributed by atoms with van der Waals surface area (Å²) in [5.41, 5.74) is 1.18. The number of aromatic nitrogens is 1. The van der Waals surface area contributed by atoms with Crippen LogP contribution >= 0.6 is 11.6 Å². The van der Waals surface area contributed by atoms with Gasteiger partial charge in [-0.2, -0.15) is 13.2 Å². The van der Waals surface area contributed by atoms with Gasteiger partial charge in [0.2, 0.25) is 0 Å². The fourth-order valence-corrected chi connectivity index (χ4v) is 4.29. The summed E-state index contributed by atoms with van der Waals surface area (Å²) < 4.78 is 40.0. The summed E-state index contributed by atoms with van der Waals surface area (Å²) in [7, 11) is 1.81. The highest BCUT2D eigenvalue weighted by Gasteiger charge is 2.34. The normalized spacial score (nSPS) is 18.7. The van der Waals surface area contributed by atoms with Crippen LogP contribution in [0.2, 0.25) is 5.02 Å². The van der Waals surface area contributed by atoms with Crippen molar-refractivity contribution in [1.82, 2.24) is 10.3 Å². The molecule has 1 aromatic heterocycles. The Balaban J connectivity index is 1.42. The number of nitrogens with one attached hydrogen (secondary N) is 3. The lowest BCUT2D eigenvalue weighted by molar-refractivity contribution is -0.140.